The van der Waals surface area contributed by atoms with Gasteiger partial charge in [-0.1, -0.05) is 19.9 Å². The molecular weight excluding hydrogens is 374 g/mol. The van der Waals surface area contributed by atoms with E-state index >= 15 is 0 Å². The van der Waals surface area contributed by atoms with Crippen LogP contribution in [0.3, 0.4) is 0 Å². The lowest BCUT2D eigenvalue weighted by Gasteiger charge is -2.31. The predicted octanol–water partition coefficient (Wildman–Crippen LogP) is 4.00. The molecule has 0 bridgehead atoms. The molecule has 1 fully saturated rings. The minimum absolute atomic E-state index is 0.319. The molecule has 0 saturated heterocycles. The van der Waals surface area contributed by atoms with Gasteiger partial charge in [-0.05, 0) is 67.0 Å². The van der Waals surface area contributed by atoms with Crippen molar-refractivity contribution in [3.05, 3.63) is 54.4 Å². The number of carbonyl (C=O) groups excluding carboxylic acids is 1. The molecule has 3 rings (SSSR count). The molecule has 3 unspecified atom stereocenters. The summed E-state index contributed by atoms with van der Waals surface area (Å²) in [6.07, 6.45) is 5.73. The number of rotatable bonds is 5. The Morgan fingerprint density at radius 1 is 1.11 bits per heavy atom. The molecule has 0 radical (unpaired) electrons. The van der Waals surface area contributed by atoms with Gasteiger partial charge in [0.2, 0.25) is 0 Å². The van der Waals surface area contributed by atoms with Crippen LogP contribution in [0.5, 0.6) is 0 Å². The largest absolute Gasteiger partial charge is 0.334 e. The van der Waals surface area contributed by atoms with Gasteiger partial charge in [-0.2, -0.15) is 0 Å². The quantitative estimate of drug-likeness (QED) is 0.792. The van der Waals surface area contributed by atoms with E-state index < -0.39 is 9.84 Å². The first-order valence-electron chi connectivity index (χ1n) is 9.64. The Balaban J connectivity index is 1.59. The topological polar surface area (TPSA) is 88.2 Å². The van der Waals surface area contributed by atoms with E-state index in [4.69, 9.17) is 0 Å². The second-order valence-electron chi connectivity index (χ2n) is 7.63. The summed E-state index contributed by atoms with van der Waals surface area (Å²) in [6, 6.07) is 9.75. The molecule has 6 nitrogen and oxygen atoms in total. The van der Waals surface area contributed by atoms with Crippen LogP contribution in [0, 0.1) is 11.8 Å². The van der Waals surface area contributed by atoms with Crippen molar-refractivity contribution in [1.29, 1.82) is 0 Å². The van der Waals surface area contributed by atoms with E-state index in [9.17, 15) is 13.2 Å². The van der Waals surface area contributed by atoms with Gasteiger partial charge in [0.25, 0.3) is 0 Å². The Morgan fingerprint density at radius 3 is 2.50 bits per heavy atom. The molecule has 3 atom stereocenters. The van der Waals surface area contributed by atoms with Gasteiger partial charge in [0, 0.05) is 24.6 Å². The summed E-state index contributed by atoms with van der Waals surface area (Å²) in [5, 5.41) is 5.14. The first-order valence-corrected chi connectivity index (χ1v) is 11.2. The summed E-state index contributed by atoms with van der Waals surface area (Å²) in [5.74, 6) is 0.987. The van der Waals surface area contributed by atoms with Crippen LogP contribution in [-0.4, -0.2) is 24.7 Å². The average Bonchev–Trinajstić information content (AvgIpc) is 2.69. The maximum absolute atomic E-state index is 12.9. The van der Waals surface area contributed by atoms with Crippen molar-refractivity contribution in [2.45, 2.75) is 49.8 Å². The van der Waals surface area contributed by atoms with Crippen LogP contribution >= 0.6 is 0 Å². The molecule has 0 spiro atoms. The minimum Gasteiger partial charge on any atom is -0.334 e. The summed E-state index contributed by atoms with van der Waals surface area (Å²) in [5.41, 5.74) is 1.45. The van der Waals surface area contributed by atoms with Gasteiger partial charge in [0.15, 0.2) is 9.84 Å². The zero-order valence-corrected chi connectivity index (χ0v) is 17.1. The van der Waals surface area contributed by atoms with Gasteiger partial charge >= 0.3 is 6.03 Å². The van der Waals surface area contributed by atoms with Crippen molar-refractivity contribution < 1.29 is 13.2 Å². The third kappa shape index (κ3) is 4.90. The zero-order valence-electron chi connectivity index (χ0n) is 16.3. The van der Waals surface area contributed by atoms with Crippen LogP contribution < -0.4 is 10.6 Å². The summed E-state index contributed by atoms with van der Waals surface area (Å²) in [6.45, 7) is 4.68. The molecule has 2 aromatic rings. The van der Waals surface area contributed by atoms with Crippen LogP contribution in [-0.2, 0) is 16.4 Å². The molecule has 28 heavy (non-hydrogen) atoms. The van der Waals surface area contributed by atoms with Gasteiger partial charge in [-0.3, -0.25) is 4.98 Å². The molecule has 1 aliphatic rings. The fourth-order valence-electron chi connectivity index (χ4n) is 3.56. The minimum atomic E-state index is -3.35. The van der Waals surface area contributed by atoms with E-state index in [-0.39, 0.29) is 11.3 Å². The highest BCUT2D eigenvalue weighted by Crippen LogP contribution is 2.35. The number of benzene rings is 1. The summed E-state index contributed by atoms with van der Waals surface area (Å²) in [4.78, 5) is 16.3. The molecule has 2 N–H and O–H groups in total. The molecule has 0 aliphatic heterocycles. The summed E-state index contributed by atoms with van der Waals surface area (Å²) in [7, 11) is -3.35. The Bertz CT molecular complexity index is 898. The number of hydrogen-bond acceptors (Lipinski definition) is 4. The van der Waals surface area contributed by atoms with Gasteiger partial charge < -0.3 is 10.6 Å². The van der Waals surface area contributed by atoms with Crippen LogP contribution in [0.4, 0.5) is 10.5 Å². The highest BCUT2D eigenvalue weighted by atomic mass is 32.2. The number of nitrogens with zero attached hydrogens (tertiary/aromatic N) is 1. The first-order chi connectivity index (χ1) is 13.4. The van der Waals surface area contributed by atoms with Crippen molar-refractivity contribution in [3.63, 3.8) is 0 Å². The SMILES string of the molecule is CC1CCC(S(=O)(=O)c2ccc(NC(=O)NCc3cccnc3)cc2)CC1C. The van der Waals surface area contributed by atoms with Crippen molar-refractivity contribution in [1.82, 2.24) is 10.3 Å². The van der Waals surface area contributed by atoms with E-state index in [1.165, 1.54) is 0 Å². The van der Waals surface area contributed by atoms with E-state index in [2.05, 4.69) is 29.5 Å². The van der Waals surface area contributed by atoms with Crippen molar-refractivity contribution in [2.24, 2.45) is 11.8 Å². The molecular formula is C21H27N3O3S. The highest BCUT2D eigenvalue weighted by molar-refractivity contribution is 7.92. The Kier molecular flexibility index (Phi) is 6.34. The highest BCUT2D eigenvalue weighted by Gasteiger charge is 2.34. The molecule has 1 aromatic carbocycles. The van der Waals surface area contributed by atoms with E-state index in [0.29, 0.717) is 41.8 Å². The van der Waals surface area contributed by atoms with Crippen molar-refractivity contribution >= 4 is 21.6 Å². The summed E-state index contributed by atoms with van der Waals surface area (Å²) >= 11 is 0. The number of amides is 2. The summed E-state index contributed by atoms with van der Waals surface area (Å²) < 4.78 is 25.9. The number of hydrogen-bond donors (Lipinski definition) is 2. The first kappa shape index (κ1) is 20.3. The lowest BCUT2D eigenvalue weighted by Crippen LogP contribution is -2.31. The molecule has 1 aliphatic carbocycles. The molecule has 7 heteroatoms. The molecule has 1 aromatic heterocycles. The Labute approximate surface area is 166 Å². The standard InChI is InChI=1S/C21H27N3O3S/c1-15-5-8-20(12-16(15)2)28(26,27)19-9-6-18(7-10-19)24-21(25)23-14-17-4-3-11-22-13-17/h3-4,6-7,9-11,13,15-16,20H,5,8,12,14H2,1-2H3,(H2,23,24,25). The van der Waals surface area contributed by atoms with Gasteiger partial charge in [0.05, 0.1) is 10.1 Å². The number of urea groups is 1. The predicted molar refractivity (Wildman–Crippen MR) is 110 cm³/mol. The van der Waals surface area contributed by atoms with E-state index in [0.717, 1.165) is 12.0 Å². The monoisotopic (exact) mass is 401 g/mol. The third-order valence-electron chi connectivity index (χ3n) is 5.61. The van der Waals surface area contributed by atoms with Crippen LogP contribution in [0.1, 0.15) is 38.7 Å². The average molecular weight is 402 g/mol. The van der Waals surface area contributed by atoms with Crippen LogP contribution in [0.2, 0.25) is 0 Å². The molecule has 1 heterocycles. The number of nitrogens with one attached hydrogen (secondary N) is 2. The normalized spacial score (nSPS) is 22.4. The number of aromatic nitrogens is 1. The second-order valence-corrected chi connectivity index (χ2v) is 9.86. The number of sulfone groups is 1. The second kappa shape index (κ2) is 8.73. The smallest absolute Gasteiger partial charge is 0.319 e. The van der Waals surface area contributed by atoms with E-state index in [1.807, 2.05) is 12.1 Å². The number of pyridine rings is 1. The lowest BCUT2D eigenvalue weighted by molar-refractivity contribution is 0.251. The van der Waals surface area contributed by atoms with Crippen LogP contribution in [0.15, 0.2) is 53.7 Å². The molecule has 1 saturated carbocycles. The Hall–Kier alpha value is -2.41. The third-order valence-corrected chi connectivity index (χ3v) is 7.84. The molecule has 150 valence electrons. The maximum atomic E-state index is 12.9. The lowest BCUT2D eigenvalue weighted by atomic mass is 9.81. The van der Waals surface area contributed by atoms with Crippen molar-refractivity contribution in [3.8, 4) is 0 Å². The van der Waals surface area contributed by atoms with Gasteiger partial charge in [-0.25, -0.2) is 13.2 Å². The fourth-order valence-corrected chi connectivity index (χ4v) is 5.46. The van der Waals surface area contributed by atoms with Crippen LogP contribution in [0.25, 0.3) is 0 Å². The van der Waals surface area contributed by atoms with E-state index in [1.54, 1.807) is 36.7 Å². The number of carbonyl (C=O) groups is 1. The maximum Gasteiger partial charge on any atom is 0.319 e. The number of anilines is 1. The Morgan fingerprint density at radius 2 is 1.86 bits per heavy atom. The van der Waals surface area contributed by atoms with Gasteiger partial charge in [-0.15, -0.1) is 0 Å². The molecule has 2 amide bonds. The van der Waals surface area contributed by atoms with Crippen molar-refractivity contribution in [2.75, 3.05) is 5.32 Å². The van der Waals surface area contributed by atoms with Gasteiger partial charge in [0.1, 0.15) is 0 Å². The fraction of sp³-hybridized carbons (Fsp3) is 0.429. The zero-order chi connectivity index (χ0) is 20.1.